The zero-order valence-electron chi connectivity index (χ0n) is 16.2. The van der Waals surface area contributed by atoms with E-state index in [1.807, 2.05) is 55.1 Å². The summed E-state index contributed by atoms with van der Waals surface area (Å²) in [6.45, 7) is 3.97. The van der Waals surface area contributed by atoms with Crippen LogP contribution in [0.3, 0.4) is 0 Å². The van der Waals surface area contributed by atoms with Gasteiger partial charge < -0.3 is 19.9 Å². The second kappa shape index (κ2) is 8.97. The van der Waals surface area contributed by atoms with Crippen molar-refractivity contribution in [1.82, 2.24) is 20.2 Å². The van der Waals surface area contributed by atoms with Gasteiger partial charge in [0.2, 0.25) is 0 Å². The molecule has 0 aliphatic carbocycles. The highest BCUT2D eigenvalue weighted by Gasteiger charge is 2.31. The molecule has 1 aromatic carbocycles. The number of urea groups is 1. The van der Waals surface area contributed by atoms with Gasteiger partial charge in [-0.2, -0.15) is 0 Å². The Labute approximate surface area is 168 Å². The number of esters is 1. The third-order valence-corrected chi connectivity index (χ3v) is 5.58. The van der Waals surface area contributed by atoms with Gasteiger partial charge in [-0.15, -0.1) is 0 Å². The summed E-state index contributed by atoms with van der Waals surface area (Å²) in [5.74, 6) is 0.0132. The molecule has 2 heterocycles. The highest BCUT2D eigenvalue weighted by atomic mass is 32.2. The first kappa shape index (κ1) is 20.0. The molecule has 1 aliphatic heterocycles. The first-order valence-corrected chi connectivity index (χ1v) is 10.2. The number of benzene rings is 1. The van der Waals surface area contributed by atoms with Gasteiger partial charge in [0.15, 0.2) is 5.16 Å². The molecule has 0 bridgehead atoms. The van der Waals surface area contributed by atoms with E-state index in [2.05, 4.69) is 15.6 Å². The highest BCUT2D eigenvalue weighted by molar-refractivity contribution is 7.99. The Morgan fingerprint density at radius 2 is 2.04 bits per heavy atom. The Hall–Kier alpha value is -2.74. The Balaban J connectivity index is 1.84. The van der Waals surface area contributed by atoms with Crippen LogP contribution in [0.2, 0.25) is 0 Å². The molecular weight excluding hydrogens is 376 g/mol. The largest absolute Gasteiger partial charge is 0.463 e. The second-order valence-electron chi connectivity index (χ2n) is 6.31. The van der Waals surface area contributed by atoms with E-state index < -0.39 is 5.97 Å². The molecule has 3 rings (SSSR count). The normalized spacial score (nSPS) is 16.5. The molecular formula is C20H24N4O3S. The molecule has 8 heteroatoms. The number of hydrogen-bond donors (Lipinski definition) is 2. The maximum atomic E-state index is 12.5. The zero-order valence-corrected chi connectivity index (χ0v) is 17.0. The van der Waals surface area contributed by atoms with Crippen LogP contribution in [-0.4, -0.2) is 40.0 Å². The molecule has 2 amide bonds. The summed E-state index contributed by atoms with van der Waals surface area (Å²) in [4.78, 5) is 28.9. The number of imidazole rings is 1. The molecule has 0 radical (unpaired) electrons. The lowest BCUT2D eigenvalue weighted by Crippen LogP contribution is -2.50. The van der Waals surface area contributed by atoms with Crippen molar-refractivity contribution in [1.29, 1.82) is 0 Å². The monoisotopic (exact) mass is 400 g/mol. The number of carbonyl (C=O) groups excluding carboxylic acids is 2. The number of carbonyl (C=O) groups is 2. The van der Waals surface area contributed by atoms with E-state index in [1.54, 1.807) is 6.92 Å². The number of nitrogens with zero attached hydrogens (tertiary/aromatic N) is 2. The van der Waals surface area contributed by atoms with E-state index in [1.165, 1.54) is 11.8 Å². The molecule has 1 atom stereocenters. The lowest BCUT2D eigenvalue weighted by atomic mass is 10.0. The Kier molecular flexibility index (Phi) is 6.41. The number of amides is 2. The van der Waals surface area contributed by atoms with Gasteiger partial charge in [-0.3, -0.25) is 0 Å². The summed E-state index contributed by atoms with van der Waals surface area (Å²) < 4.78 is 7.20. The van der Waals surface area contributed by atoms with Crippen LogP contribution in [0.1, 0.15) is 20.3 Å². The Morgan fingerprint density at radius 1 is 1.29 bits per heavy atom. The molecule has 1 unspecified atom stereocenters. The first-order chi connectivity index (χ1) is 13.5. The van der Waals surface area contributed by atoms with Crippen LogP contribution in [0.25, 0.3) is 11.3 Å². The van der Waals surface area contributed by atoms with Gasteiger partial charge >= 0.3 is 12.0 Å². The van der Waals surface area contributed by atoms with Crippen LogP contribution >= 0.6 is 11.8 Å². The maximum Gasteiger partial charge on any atom is 0.337 e. The molecule has 2 aromatic rings. The zero-order chi connectivity index (χ0) is 20.1. The van der Waals surface area contributed by atoms with Crippen molar-refractivity contribution >= 4 is 23.8 Å². The fraction of sp³-hybridized carbons (Fsp3) is 0.350. The number of nitrogens with one attached hydrogen (secondary N) is 2. The number of ether oxygens (including phenoxy) is 1. The van der Waals surface area contributed by atoms with Crippen molar-refractivity contribution in [2.24, 2.45) is 7.05 Å². The molecule has 0 spiro atoms. The van der Waals surface area contributed by atoms with E-state index in [-0.39, 0.29) is 18.7 Å². The average molecular weight is 401 g/mol. The number of thioether (sulfide) groups is 1. The molecule has 2 N–H and O–H groups in total. The lowest BCUT2D eigenvalue weighted by molar-refractivity contribution is -0.139. The van der Waals surface area contributed by atoms with E-state index >= 15 is 0 Å². The van der Waals surface area contributed by atoms with E-state index in [9.17, 15) is 9.59 Å². The summed E-state index contributed by atoms with van der Waals surface area (Å²) in [6, 6.07) is 9.35. The van der Waals surface area contributed by atoms with Gasteiger partial charge in [-0.25, -0.2) is 14.6 Å². The quantitative estimate of drug-likeness (QED) is 0.551. The average Bonchev–Trinajstić information content (AvgIpc) is 3.07. The standard InChI is InChI=1S/C20H24N4O3S/c1-4-14-17(18(25)27-5-2)15(23-19(26)22-14)12-28-20-21-11-16(24(20)3)13-9-7-6-8-10-13/h6-11,14H,4-5,12H2,1-3H3,(H2,22,23,26). The van der Waals surface area contributed by atoms with Crippen molar-refractivity contribution in [3.05, 3.63) is 47.8 Å². The maximum absolute atomic E-state index is 12.5. The van der Waals surface area contributed by atoms with E-state index in [4.69, 9.17) is 4.74 Å². The minimum atomic E-state index is -0.401. The van der Waals surface area contributed by atoms with Crippen LogP contribution in [0.15, 0.2) is 53.0 Å². The van der Waals surface area contributed by atoms with Gasteiger partial charge in [0.25, 0.3) is 0 Å². The summed E-state index contributed by atoms with van der Waals surface area (Å²) in [6.07, 6.45) is 2.43. The van der Waals surface area contributed by atoms with Crippen molar-refractivity contribution in [2.45, 2.75) is 31.5 Å². The summed E-state index contributed by atoms with van der Waals surface area (Å²) in [5.41, 5.74) is 3.14. The van der Waals surface area contributed by atoms with Gasteiger partial charge in [0.05, 0.1) is 30.1 Å². The fourth-order valence-electron chi connectivity index (χ4n) is 3.12. The van der Waals surface area contributed by atoms with Crippen molar-refractivity contribution in [3.8, 4) is 11.3 Å². The highest BCUT2D eigenvalue weighted by Crippen LogP contribution is 2.27. The van der Waals surface area contributed by atoms with Crippen molar-refractivity contribution in [2.75, 3.05) is 12.4 Å². The van der Waals surface area contributed by atoms with Crippen LogP contribution in [0.5, 0.6) is 0 Å². The van der Waals surface area contributed by atoms with Gasteiger partial charge in [0, 0.05) is 18.5 Å². The molecule has 0 saturated heterocycles. The molecule has 1 aromatic heterocycles. The van der Waals surface area contributed by atoms with Crippen LogP contribution in [0.4, 0.5) is 4.79 Å². The lowest BCUT2D eigenvalue weighted by Gasteiger charge is -2.28. The van der Waals surface area contributed by atoms with Crippen LogP contribution in [0, 0.1) is 0 Å². The van der Waals surface area contributed by atoms with Gasteiger partial charge in [-0.05, 0) is 18.9 Å². The summed E-state index contributed by atoms with van der Waals surface area (Å²) in [7, 11) is 1.95. The van der Waals surface area contributed by atoms with Crippen LogP contribution in [-0.2, 0) is 16.6 Å². The Bertz CT molecular complexity index is 892. The third kappa shape index (κ3) is 4.22. The smallest absolute Gasteiger partial charge is 0.337 e. The van der Waals surface area contributed by atoms with E-state index in [0.717, 1.165) is 16.4 Å². The first-order valence-electron chi connectivity index (χ1n) is 9.22. The molecule has 0 fully saturated rings. The van der Waals surface area contributed by atoms with Gasteiger partial charge in [-0.1, -0.05) is 49.0 Å². The SMILES string of the molecule is CCOC(=O)C1=C(CSc2ncc(-c3ccccc3)n2C)NC(=O)NC1CC. The molecule has 0 saturated carbocycles. The predicted octanol–water partition coefficient (Wildman–Crippen LogP) is 3.09. The molecule has 28 heavy (non-hydrogen) atoms. The third-order valence-electron chi connectivity index (χ3n) is 4.51. The number of hydrogen-bond acceptors (Lipinski definition) is 5. The van der Waals surface area contributed by atoms with E-state index in [0.29, 0.717) is 23.4 Å². The second-order valence-corrected chi connectivity index (χ2v) is 7.25. The van der Waals surface area contributed by atoms with Crippen LogP contribution < -0.4 is 10.6 Å². The van der Waals surface area contributed by atoms with Crippen molar-refractivity contribution in [3.63, 3.8) is 0 Å². The predicted molar refractivity (Wildman–Crippen MR) is 109 cm³/mol. The molecule has 1 aliphatic rings. The molecule has 7 nitrogen and oxygen atoms in total. The Morgan fingerprint density at radius 3 is 2.71 bits per heavy atom. The minimum absolute atomic E-state index is 0.285. The molecule has 148 valence electrons. The number of rotatable bonds is 7. The minimum Gasteiger partial charge on any atom is -0.463 e. The number of aromatic nitrogens is 2. The summed E-state index contributed by atoms with van der Waals surface area (Å²) >= 11 is 1.47. The summed E-state index contributed by atoms with van der Waals surface area (Å²) in [5, 5.41) is 6.35. The van der Waals surface area contributed by atoms with Crippen molar-refractivity contribution < 1.29 is 14.3 Å². The van der Waals surface area contributed by atoms with Gasteiger partial charge in [0.1, 0.15) is 0 Å². The topological polar surface area (TPSA) is 85.2 Å². The fourth-order valence-corrected chi connectivity index (χ4v) is 4.04.